The molecule has 1 amide bonds. The zero-order chi connectivity index (χ0) is 24.5. The standard InChI is InChI=1S/C31H42N4O/c1-23-18-32-14-13-31(23)17-29(33-22-31)30(36)35-20-27(25-10-6-3-7-11-25)16-28(35)21-34-15-12-26(19-34)24-8-4-2-5-9-24/h2-11,23,26-29,32-33H,12-22H2,1H3/t23?,26?,27-,28-,29?,31?/m0/s1. The van der Waals surface area contributed by atoms with E-state index < -0.39 is 0 Å². The Bertz CT molecular complexity index is 1030. The van der Waals surface area contributed by atoms with E-state index in [-0.39, 0.29) is 11.5 Å². The Balaban J connectivity index is 1.17. The molecule has 4 heterocycles. The first-order valence-corrected chi connectivity index (χ1v) is 14.2. The zero-order valence-corrected chi connectivity index (χ0v) is 21.7. The molecule has 5 nitrogen and oxygen atoms in total. The number of piperidine rings is 1. The van der Waals surface area contributed by atoms with Crippen LogP contribution < -0.4 is 10.6 Å². The van der Waals surface area contributed by atoms with Gasteiger partial charge in [0.2, 0.25) is 5.91 Å². The topological polar surface area (TPSA) is 47.6 Å². The summed E-state index contributed by atoms with van der Waals surface area (Å²) in [6.45, 7) is 9.58. The van der Waals surface area contributed by atoms with Crippen molar-refractivity contribution in [1.82, 2.24) is 20.4 Å². The van der Waals surface area contributed by atoms with E-state index in [4.69, 9.17) is 0 Å². The predicted octanol–water partition coefficient (Wildman–Crippen LogP) is 3.84. The molecule has 6 rings (SSSR count). The van der Waals surface area contributed by atoms with Gasteiger partial charge in [0.25, 0.3) is 0 Å². The van der Waals surface area contributed by atoms with Crippen molar-refractivity contribution in [3.8, 4) is 0 Å². The maximum absolute atomic E-state index is 14.1. The van der Waals surface area contributed by atoms with Gasteiger partial charge in [-0.05, 0) is 73.7 Å². The second-order valence-electron chi connectivity index (χ2n) is 12.0. The van der Waals surface area contributed by atoms with Gasteiger partial charge in [-0.1, -0.05) is 67.6 Å². The molecular formula is C31H42N4O. The molecule has 2 aromatic carbocycles. The number of carbonyl (C=O) groups excluding carboxylic acids is 1. The molecule has 0 aliphatic carbocycles. The van der Waals surface area contributed by atoms with Gasteiger partial charge in [0.05, 0.1) is 6.04 Å². The molecule has 192 valence electrons. The third-order valence-electron chi connectivity index (χ3n) is 9.89. The first-order valence-electron chi connectivity index (χ1n) is 14.2. The molecule has 2 N–H and O–H groups in total. The third-order valence-corrected chi connectivity index (χ3v) is 9.89. The SMILES string of the molecule is CC1CNCCC12CNC(C(=O)N1C[C@@H](c3ccccc3)C[C@H]1CN1CCC(c3ccccc3)C1)C2. The number of amides is 1. The molecular weight excluding hydrogens is 444 g/mol. The molecule has 4 saturated heterocycles. The minimum Gasteiger partial charge on any atom is -0.336 e. The summed E-state index contributed by atoms with van der Waals surface area (Å²) < 4.78 is 0. The van der Waals surface area contributed by atoms with Crippen molar-refractivity contribution < 1.29 is 4.79 Å². The van der Waals surface area contributed by atoms with Crippen molar-refractivity contribution in [3.63, 3.8) is 0 Å². The van der Waals surface area contributed by atoms with E-state index in [2.05, 4.69) is 88.0 Å². The van der Waals surface area contributed by atoms with Gasteiger partial charge in [0, 0.05) is 38.1 Å². The molecule has 4 unspecified atom stereocenters. The molecule has 4 aliphatic rings. The summed E-state index contributed by atoms with van der Waals surface area (Å²) in [6.07, 6.45) is 4.45. The van der Waals surface area contributed by atoms with Crippen molar-refractivity contribution in [2.24, 2.45) is 11.3 Å². The summed E-state index contributed by atoms with van der Waals surface area (Å²) in [5.41, 5.74) is 3.11. The molecule has 36 heavy (non-hydrogen) atoms. The van der Waals surface area contributed by atoms with Gasteiger partial charge in [0.15, 0.2) is 0 Å². The fraction of sp³-hybridized carbons (Fsp3) is 0.581. The second-order valence-corrected chi connectivity index (χ2v) is 12.0. The van der Waals surface area contributed by atoms with E-state index in [9.17, 15) is 4.79 Å². The quantitative estimate of drug-likeness (QED) is 0.674. The number of nitrogens with one attached hydrogen (secondary N) is 2. The maximum atomic E-state index is 14.1. The van der Waals surface area contributed by atoms with E-state index in [1.807, 2.05) is 0 Å². The highest BCUT2D eigenvalue weighted by Crippen LogP contribution is 2.43. The van der Waals surface area contributed by atoms with Gasteiger partial charge in [-0.15, -0.1) is 0 Å². The highest BCUT2D eigenvalue weighted by Gasteiger charge is 2.49. The molecule has 5 heteroatoms. The Morgan fingerprint density at radius 3 is 2.44 bits per heavy atom. The van der Waals surface area contributed by atoms with Gasteiger partial charge in [0.1, 0.15) is 0 Å². The van der Waals surface area contributed by atoms with Crippen LogP contribution in [0, 0.1) is 11.3 Å². The minimum absolute atomic E-state index is 0.0294. The average molecular weight is 487 g/mol. The largest absolute Gasteiger partial charge is 0.336 e. The first kappa shape index (κ1) is 24.1. The number of nitrogens with zero attached hydrogens (tertiary/aromatic N) is 2. The lowest BCUT2D eigenvalue weighted by Gasteiger charge is -2.39. The molecule has 0 bridgehead atoms. The average Bonchev–Trinajstić information content (AvgIpc) is 3.67. The summed E-state index contributed by atoms with van der Waals surface area (Å²) in [6, 6.07) is 22.1. The molecule has 4 fully saturated rings. The Morgan fingerprint density at radius 1 is 1.00 bits per heavy atom. The van der Waals surface area contributed by atoms with E-state index in [0.29, 0.717) is 29.7 Å². The van der Waals surface area contributed by atoms with Gasteiger partial charge in [-0.2, -0.15) is 0 Å². The summed E-state index contributed by atoms with van der Waals surface area (Å²) in [5, 5.41) is 7.23. The molecule has 0 aromatic heterocycles. The number of likely N-dealkylation sites (tertiary alicyclic amines) is 2. The van der Waals surface area contributed by atoms with E-state index >= 15 is 0 Å². The third kappa shape index (κ3) is 4.73. The number of benzene rings is 2. The molecule has 6 atom stereocenters. The number of carbonyl (C=O) groups is 1. The fourth-order valence-corrected chi connectivity index (χ4v) is 7.56. The fourth-order valence-electron chi connectivity index (χ4n) is 7.56. The van der Waals surface area contributed by atoms with Crippen LogP contribution in [0.4, 0.5) is 0 Å². The number of rotatable bonds is 5. The molecule has 0 saturated carbocycles. The Labute approximate surface area is 216 Å². The molecule has 0 radical (unpaired) electrons. The van der Waals surface area contributed by atoms with Gasteiger partial charge >= 0.3 is 0 Å². The van der Waals surface area contributed by atoms with E-state index in [0.717, 1.165) is 58.7 Å². The van der Waals surface area contributed by atoms with Gasteiger partial charge in [-0.25, -0.2) is 0 Å². The van der Waals surface area contributed by atoms with E-state index in [1.165, 1.54) is 24.0 Å². The first-order chi connectivity index (χ1) is 17.6. The predicted molar refractivity (Wildman–Crippen MR) is 145 cm³/mol. The molecule has 2 aromatic rings. The van der Waals surface area contributed by atoms with Crippen molar-refractivity contribution in [2.45, 2.75) is 56.5 Å². The van der Waals surface area contributed by atoms with Crippen molar-refractivity contribution in [2.75, 3.05) is 45.8 Å². The molecule has 1 spiro atoms. The lowest BCUT2D eigenvalue weighted by atomic mass is 9.70. The van der Waals surface area contributed by atoms with Crippen LogP contribution in [0.2, 0.25) is 0 Å². The van der Waals surface area contributed by atoms with Crippen LogP contribution in [0.3, 0.4) is 0 Å². The number of hydrogen-bond acceptors (Lipinski definition) is 4. The maximum Gasteiger partial charge on any atom is 0.240 e. The van der Waals surface area contributed by atoms with Crippen molar-refractivity contribution in [1.29, 1.82) is 0 Å². The summed E-state index contributed by atoms with van der Waals surface area (Å²) in [4.78, 5) is 18.9. The minimum atomic E-state index is -0.0294. The smallest absolute Gasteiger partial charge is 0.240 e. The van der Waals surface area contributed by atoms with Crippen LogP contribution >= 0.6 is 0 Å². The van der Waals surface area contributed by atoms with Crippen LogP contribution in [0.5, 0.6) is 0 Å². The number of hydrogen-bond donors (Lipinski definition) is 2. The van der Waals surface area contributed by atoms with Gasteiger partial charge < -0.3 is 20.4 Å². The Morgan fingerprint density at radius 2 is 1.72 bits per heavy atom. The molecule has 4 aliphatic heterocycles. The lowest BCUT2D eigenvalue weighted by molar-refractivity contribution is -0.134. The van der Waals surface area contributed by atoms with Crippen LogP contribution in [0.25, 0.3) is 0 Å². The highest BCUT2D eigenvalue weighted by atomic mass is 16.2. The summed E-state index contributed by atoms with van der Waals surface area (Å²) in [7, 11) is 0. The zero-order valence-electron chi connectivity index (χ0n) is 21.7. The monoisotopic (exact) mass is 486 g/mol. The normalized spacial score (nSPS) is 35.0. The van der Waals surface area contributed by atoms with Crippen LogP contribution in [0.15, 0.2) is 60.7 Å². The summed E-state index contributed by atoms with van der Waals surface area (Å²) >= 11 is 0. The van der Waals surface area contributed by atoms with Crippen molar-refractivity contribution >= 4 is 5.91 Å². The van der Waals surface area contributed by atoms with Crippen LogP contribution in [0.1, 0.15) is 55.6 Å². The highest BCUT2D eigenvalue weighted by molar-refractivity contribution is 5.83. The van der Waals surface area contributed by atoms with Crippen LogP contribution in [-0.4, -0.2) is 73.6 Å². The van der Waals surface area contributed by atoms with Crippen LogP contribution in [-0.2, 0) is 4.79 Å². The van der Waals surface area contributed by atoms with Gasteiger partial charge in [-0.3, -0.25) is 4.79 Å². The van der Waals surface area contributed by atoms with E-state index in [1.54, 1.807) is 0 Å². The Hall–Kier alpha value is -2.21. The second kappa shape index (κ2) is 10.3. The van der Waals surface area contributed by atoms with Crippen molar-refractivity contribution in [3.05, 3.63) is 71.8 Å². The lowest BCUT2D eigenvalue weighted by Crippen LogP contribution is -2.49. The Kier molecular flexibility index (Phi) is 6.89. The summed E-state index contributed by atoms with van der Waals surface area (Å²) in [5.74, 6) is 2.00.